The molecular weight excluding hydrogens is 400 g/mol. The fourth-order valence-electron chi connectivity index (χ4n) is 5.29. The van der Waals surface area contributed by atoms with E-state index >= 15 is 0 Å². The number of carbonyl (C=O) groups excluding carboxylic acids is 2. The number of benzene rings is 2. The third kappa shape index (κ3) is 3.93. The van der Waals surface area contributed by atoms with E-state index in [1.807, 2.05) is 64.3 Å². The number of aromatic nitrogens is 2. The summed E-state index contributed by atoms with van der Waals surface area (Å²) >= 11 is 0. The highest BCUT2D eigenvalue weighted by molar-refractivity contribution is 5.96. The van der Waals surface area contributed by atoms with Crippen LogP contribution in [0, 0.1) is 0 Å². The summed E-state index contributed by atoms with van der Waals surface area (Å²) in [5.74, 6) is 0.189. The molecule has 164 valence electrons. The summed E-state index contributed by atoms with van der Waals surface area (Å²) in [5.41, 5.74) is 2.41. The molecule has 0 bridgehead atoms. The van der Waals surface area contributed by atoms with Crippen LogP contribution in [0.5, 0.6) is 0 Å². The molecule has 0 unspecified atom stereocenters. The summed E-state index contributed by atoms with van der Waals surface area (Å²) in [5, 5.41) is 7.64. The normalized spacial score (nSPS) is 23.2. The Morgan fingerprint density at radius 1 is 1.06 bits per heavy atom. The highest BCUT2D eigenvalue weighted by Gasteiger charge is 2.50. The molecule has 32 heavy (non-hydrogen) atoms. The Hall–Kier alpha value is -3.41. The van der Waals surface area contributed by atoms with Crippen molar-refractivity contribution in [1.29, 1.82) is 0 Å². The second-order valence-electron chi connectivity index (χ2n) is 8.92. The number of amides is 2. The first-order valence-electron chi connectivity index (χ1n) is 11.4. The number of rotatable bonds is 4. The van der Waals surface area contributed by atoms with Crippen LogP contribution in [-0.4, -0.2) is 45.1 Å². The number of hydrogen-bond donors (Lipinski definition) is 1. The molecule has 0 aliphatic carbocycles. The van der Waals surface area contributed by atoms with Crippen molar-refractivity contribution in [2.45, 2.75) is 43.7 Å². The third-order valence-electron chi connectivity index (χ3n) is 6.84. The standard InChI is InChI=1S/C26H28N4O2/c31-24-13-6-7-14-26(28-24)19-29(18-23(26)20-9-2-1-3-10-20)25(32)22-12-5-4-11-21(22)17-30-16-8-15-27-30/h1-5,8-12,15-16,23H,6-7,13-14,17-19H2,(H,28,31)/t23-,26+/m0/s1. The van der Waals surface area contributed by atoms with Crippen molar-refractivity contribution in [2.75, 3.05) is 13.1 Å². The van der Waals surface area contributed by atoms with E-state index in [1.54, 1.807) is 6.20 Å². The maximum absolute atomic E-state index is 13.8. The summed E-state index contributed by atoms with van der Waals surface area (Å²) in [6.07, 6.45) is 6.98. The summed E-state index contributed by atoms with van der Waals surface area (Å²) in [7, 11) is 0. The second-order valence-corrected chi connectivity index (χ2v) is 8.92. The Morgan fingerprint density at radius 2 is 1.88 bits per heavy atom. The topological polar surface area (TPSA) is 67.2 Å². The zero-order chi connectivity index (χ0) is 22.0. The van der Waals surface area contributed by atoms with Gasteiger partial charge in [-0.25, -0.2) is 0 Å². The molecule has 6 heteroatoms. The van der Waals surface area contributed by atoms with Crippen molar-refractivity contribution in [2.24, 2.45) is 0 Å². The van der Waals surface area contributed by atoms with E-state index in [9.17, 15) is 9.59 Å². The minimum Gasteiger partial charge on any atom is -0.348 e. The van der Waals surface area contributed by atoms with Crippen LogP contribution in [0.25, 0.3) is 0 Å². The van der Waals surface area contributed by atoms with Gasteiger partial charge in [0.15, 0.2) is 0 Å². The fraction of sp³-hybridized carbons (Fsp3) is 0.346. The molecule has 0 radical (unpaired) electrons. The lowest BCUT2D eigenvalue weighted by atomic mass is 9.79. The van der Waals surface area contributed by atoms with Gasteiger partial charge in [0.05, 0.1) is 12.1 Å². The largest absolute Gasteiger partial charge is 0.348 e. The van der Waals surface area contributed by atoms with E-state index in [0.29, 0.717) is 31.6 Å². The molecular formula is C26H28N4O2. The van der Waals surface area contributed by atoms with Gasteiger partial charge in [0.25, 0.3) is 5.91 Å². The van der Waals surface area contributed by atoms with Crippen molar-refractivity contribution in [3.8, 4) is 0 Å². The van der Waals surface area contributed by atoms with Crippen LogP contribution < -0.4 is 5.32 Å². The van der Waals surface area contributed by atoms with E-state index in [0.717, 1.165) is 24.8 Å². The number of hydrogen-bond acceptors (Lipinski definition) is 3. The molecule has 1 spiro atoms. The Labute approximate surface area is 188 Å². The van der Waals surface area contributed by atoms with Crippen LogP contribution in [0.2, 0.25) is 0 Å². The molecule has 2 atom stereocenters. The Balaban J connectivity index is 1.47. The molecule has 2 amide bonds. The molecule has 2 aliphatic heterocycles. The first-order chi connectivity index (χ1) is 15.6. The predicted octanol–water partition coefficient (Wildman–Crippen LogP) is 3.60. The summed E-state index contributed by atoms with van der Waals surface area (Å²) in [4.78, 5) is 28.3. The maximum Gasteiger partial charge on any atom is 0.254 e. The quantitative estimate of drug-likeness (QED) is 0.690. The molecule has 3 aromatic rings. The molecule has 1 N–H and O–H groups in total. The monoisotopic (exact) mass is 428 g/mol. The van der Waals surface area contributed by atoms with E-state index in [1.165, 1.54) is 5.56 Å². The first kappa shape index (κ1) is 20.5. The first-order valence-corrected chi connectivity index (χ1v) is 11.4. The molecule has 6 nitrogen and oxygen atoms in total. The molecule has 3 heterocycles. The fourth-order valence-corrected chi connectivity index (χ4v) is 5.29. The average molecular weight is 429 g/mol. The van der Waals surface area contributed by atoms with Gasteiger partial charge < -0.3 is 10.2 Å². The molecule has 2 aliphatic rings. The van der Waals surface area contributed by atoms with Crippen LogP contribution >= 0.6 is 0 Å². The number of nitrogens with zero attached hydrogens (tertiary/aromatic N) is 3. The van der Waals surface area contributed by atoms with Crippen LogP contribution in [0.1, 0.15) is 53.1 Å². The van der Waals surface area contributed by atoms with Gasteiger partial charge in [0.2, 0.25) is 5.91 Å². The molecule has 0 saturated carbocycles. The van der Waals surface area contributed by atoms with Crippen LogP contribution in [0.15, 0.2) is 73.1 Å². The number of nitrogens with one attached hydrogen (secondary N) is 1. The van der Waals surface area contributed by atoms with Crippen molar-refractivity contribution in [3.63, 3.8) is 0 Å². The third-order valence-corrected chi connectivity index (χ3v) is 6.84. The minimum absolute atomic E-state index is 0.0176. The van der Waals surface area contributed by atoms with Crippen LogP contribution in [-0.2, 0) is 11.3 Å². The maximum atomic E-state index is 13.8. The summed E-state index contributed by atoms with van der Waals surface area (Å²) < 4.78 is 1.83. The SMILES string of the molecule is O=C1CCCC[C@]2(CN(C(=O)c3ccccc3Cn3cccn3)C[C@H]2c2ccccc2)N1. The molecule has 2 fully saturated rings. The summed E-state index contributed by atoms with van der Waals surface area (Å²) in [6.45, 7) is 1.68. The lowest BCUT2D eigenvalue weighted by molar-refractivity contribution is -0.122. The highest BCUT2D eigenvalue weighted by Crippen LogP contribution is 2.41. The average Bonchev–Trinajstić information content (AvgIpc) is 3.41. The van der Waals surface area contributed by atoms with Gasteiger partial charge >= 0.3 is 0 Å². The predicted molar refractivity (Wildman–Crippen MR) is 122 cm³/mol. The van der Waals surface area contributed by atoms with Crippen molar-refractivity contribution < 1.29 is 9.59 Å². The van der Waals surface area contributed by atoms with Gasteiger partial charge in [-0.1, -0.05) is 55.0 Å². The van der Waals surface area contributed by atoms with E-state index in [4.69, 9.17) is 0 Å². The highest BCUT2D eigenvalue weighted by atomic mass is 16.2. The van der Waals surface area contributed by atoms with Crippen LogP contribution in [0.3, 0.4) is 0 Å². The zero-order valence-electron chi connectivity index (χ0n) is 18.1. The molecule has 2 saturated heterocycles. The van der Waals surface area contributed by atoms with Gasteiger partial charge in [0, 0.05) is 43.4 Å². The van der Waals surface area contributed by atoms with Gasteiger partial charge in [-0.3, -0.25) is 14.3 Å². The smallest absolute Gasteiger partial charge is 0.254 e. The van der Waals surface area contributed by atoms with E-state index in [-0.39, 0.29) is 17.7 Å². The molecule has 2 aromatic carbocycles. The van der Waals surface area contributed by atoms with Gasteiger partial charge in [-0.15, -0.1) is 0 Å². The Kier molecular flexibility index (Phi) is 5.52. The van der Waals surface area contributed by atoms with Crippen molar-refractivity contribution in [3.05, 3.63) is 89.7 Å². The Bertz CT molecular complexity index is 1100. The number of likely N-dealkylation sites (tertiary alicyclic amines) is 1. The van der Waals surface area contributed by atoms with E-state index < -0.39 is 5.54 Å². The summed E-state index contributed by atoms with van der Waals surface area (Å²) in [6, 6.07) is 19.9. The lowest BCUT2D eigenvalue weighted by Gasteiger charge is -2.34. The molecule has 5 rings (SSSR count). The van der Waals surface area contributed by atoms with Crippen molar-refractivity contribution in [1.82, 2.24) is 20.0 Å². The van der Waals surface area contributed by atoms with Crippen molar-refractivity contribution >= 4 is 11.8 Å². The second kappa shape index (κ2) is 8.61. The van der Waals surface area contributed by atoms with Gasteiger partial charge in [-0.2, -0.15) is 5.10 Å². The zero-order valence-corrected chi connectivity index (χ0v) is 18.1. The van der Waals surface area contributed by atoms with Gasteiger partial charge in [-0.05, 0) is 36.1 Å². The van der Waals surface area contributed by atoms with E-state index in [2.05, 4.69) is 22.5 Å². The minimum atomic E-state index is -0.415. The van der Waals surface area contributed by atoms with Crippen LogP contribution in [0.4, 0.5) is 0 Å². The lowest BCUT2D eigenvalue weighted by Crippen LogP contribution is -2.52. The Morgan fingerprint density at radius 3 is 2.69 bits per heavy atom. The van der Waals surface area contributed by atoms with Gasteiger partial charge in [0.1, 0.15) is 0 Å². The molecule has 1 aromatic heterocycles. The number of carbonyl (C=O) groups is 2.